The van der Waals surface area contributed by atoms with Crippen LogP contribution >= 0.6 is 0 Å². The van der Waals surface area contributed by atoms with Gasteiger partial charge in [0.25, 0.3) is 5.91 Å². The first-order valence-electron chi connectivity index (χ1n) is 8.23. The van der Waals surface area contributed by atoms with Crippen molar-refractivity contribution in [3.8, 4) is 5.75 Å². The lowest BCUT2D eigenvalue weighted by atomic mass is 10.1. The van der Waals surface area contributed by atoms with E-state index < -0.39 is 0 Å². The predicted molar refractivity (Wildman–Crippen MR) is 97.6 cm³/mol. The minimum Gasteiger partial charge on any atom is -0.497 e. The molecule has 0 atom stereocenters. The Hall–Kier alpha value is -2.82. The molecule has 2 rings (SSSR count). The molecule has 0 saturated heterocycles. The second-order valence-electron chi connectivity index (χ2n) is 5.85. The predicted octanol–water partition coefficient (Wildman–Crippen LogP) is 2.78. The van der Waals surface area contributed by atoms with Crippen molar-refractivity contribution in [2.75, 3.05) is 20.2 Å². The molecule has 25 heavy (non-hydrogen) atoms. The van der Waals surface area contributed by atoms with Gasteiger partial charge in [-0.3, -0.25) is 9.59 Å². The molecule has 0 radical (unpaired) electrons. The maximum Gasteiger partial charge on any atom is 0.251 e. The van der Waals surface area contributed by atoms with Crippen LogP contribution in [0.3, 0.4) is 0 Å². The van der Waals surface area contributed by atoms with E-state index in [0.717, 1.165) is 11.1 Å². The molecule has 1 N–H and O–H groups in total. The van der Waals surface area contributed by atoms with Gasteiger partial charge in [0.05, 0.1) is 7.11 Å². The van der Waals surface area contributed by atoms with Crippen LogP contribution in [0, 0.1) is 6.92 Å². The van der Waals surface area contributed by atoms with Gasteiger partial charge in [-0.05, 0) is 42.3 Å². The number of methoxy groups -OCH3 is 1. The average Bonchev–Trinajstić information content (AvgIpc) is 2.62. The molecule has 2 amide bonds. The van der Waals surface area contributed by atoms with Gasteiger partial charge in [-0.15, -0.1) is 0 Å². The van der Waals surface area contributed by atoms with Crippen LogP contribution in [0.15, 0.2) is 48.5 Å². The van der Waals surface area contributed by atoms with E-state index >= 15 is 0 Å². The van der Waals surface area contributed by atoms with Gasteiger partial charge >= 0.3 is 0 Å². The number of carbonyl (C=O) groups excluding carboxylic acids is 2. The van der Waals surface area contributed by atoms with Crippen LogP contribution in [0.4, 0.5) is 0 Å². The zero-order valence-corrected chi connectivity index (χ0v) is 14.9. The Labute approximate surface area is 148 Å². The molecule has 0 bridgehead atoms. The molecule has 2 aromatic rings. The van der Waals surface area contributed by atoms with E-state index in [1.54, 1.807) is 43.2 Å². The first kappa shape index (κ1) is 18.5. The van der Waals surface area contributed by atoms with E-state index in [0.29, 0.717) is 30.9 Å². The van der Waals surface area contributed by atoms with Crippen LogP contribution in [-0.4, -0.2) is 36.9 Å². The molecule has 0 spiro atoms. The van der Waals surface area contributed by atoms with Crippen molar-refractivity contribution >= 4 is 11.8 Å². The summed E-state index contributed by atoms with van der Waals surface area (Å²) in [5.41, 5.74) is 2.82. The molecule has 0 fully saturated rings. The molecule has 0 aliphatic carbocycles. The highest BCUT2D eigenvalue weighted by Gasteiger charge is 2.12. The Balaban J connectivity index is 1.89. The maximum absolute atomic E-state index is 12.2. The third-order valence-electron chi connectivity index (χ3n) is 4.09. The van der Waals surface area contributed by atoms with Crippen LogP contribution < -0.4 is 10.1 Å². The number of rotatable bonds is 7. The standard InChI is InChI=1S/C20H24N2O3/c1-15-6-4-5-7-18(15)14-22(16(2)23)13-12-21-20(24)17-8-10-19(25-3)11-9-17/h4-11H,12-14H2,1-3H3,(H,21,24). The Morgan fingerprint density at radius 1 is 1.08 bits per heavy atom. The summed E-state index contributed by atoms with van der Waals surface area (Å²) >= 11 is 0. The molecule has 5 nitrogen and oxygen atoms in total. The van der Waals surface area contributed by atoms with Gasteiger partial charge in [-0.25, -0.2) is 0 Å². The summed E-state index contributed by atoms with van der Waals surface area (Å²) in [7, 11) is 1.58. The molecular weight excluding hydrogens is 316 g/mol. The first-order chi connectivity index (χ1) is 12.0. The third-order valence-corrected chi connectivity index (χ3v) is 4.09. The Kier molecular flexibility index (Phi) is 6.57. The fourth-order valence-corrected chi connectivity index (χ4v) is 2.49. The molecule has 0 aromatic heterocycles. The van der Waals surface area contributed by atoms with E-state index in [9.17, 15) is 9.59 Å². The Bertz CT molecular complexity index is 726. The van der Waals surface area contributed by atoms with Gasteiger partial charge in [0, 0.05) is 32.1 Å². The maximum atomic E-state index is 12.2. The van der Waals surface area contributed by atoms with Gasteiger partial charge in [-0.1, -0.05) is 24.3 Å². The number of benzene rings is 2. The quantitative estimate of drug-likeness (QED) is 0.843. The van der Waals surface area contributed by atoms with Gasteiger partial charge < -0.3 is 15.0 Å². The molecule has 0 heterocycles. The fourth-order valence-electron chi connectivity index (χ4n) is 2.49. The lowest BCUT2D eigenvalue weighted by molar-refractivity contribution is -0.129. The third kappa shape index (κ3) is 5.35. The fraction of sp³-hybridized carbons (Fsp3) is 0.300. The van der Waals surface area contributed by atoms with E-state index in [2.05, 4.69) is 5.32 Å². The van der Waals surface area contributed by atoms with Crippen molar-refractivity contribution < 1.29 is 14.3 Å². The zero-order valence-electron chi connectivity index (χ0n) is 14.9. The molecule has 132 valence electrons. The van der Waals surface area contributed by atoms with Crippen molar-refractivity contribution in [2.45, 2.75) is 20.4 Å². The summed E-state index contributed by atoms with van der Waals surface area (Å²) in [6.07, 6.45) is 0. The van der Waals surface area contributed by atoms with Crippen LogP contribution in [-0.2, 0) is 11.3 Å². The van der Waals surface area contributed by atoms with Crippen molar-refractivity contribution in [1.82, 2.24) is 10.2 Å². The van der Waals surface area contributed by atoms with Crippen molar-refractivity contribution in [3.63, 3.8) is 0 Å². The summed E-state index contributed by atoms with van der Waals surface area (Å²) in [5.74, 6) is 0.529. The summed E-state index contributed by atoms with van der Waals surface area (Å²) in [5, 5.41) is 2.85. The molecular formula is C20H24N2O3. The Morgan fingerprint density at radius 2 is 1.76 bits per heavy atom. The molecule has 0 unspecified atom stereocenters. The van der Waals surface area contributed by atoms with E-state index in [1.807, 2.05) is 31.2 Å². The van der Waals surface area contributed by atoms with Crippen LogP contribution in [0.1, 0.15) is 28.4 Å². The number of nitrogens with one attached hydrogen (secondary N) is 1. The van der Waals surface area contributed by atoms with Crippen LogP contribution in [0.2, 0.25) is 0 Å². The lowest BCUT2D eigenvalue weighted by Gasteiger charge is -2.22. The SMILES string of the molecule is COc1ccc(C(=O)NCCN(Cc2ccccc2C)C(C)=O)cc1. The molecule has 5 heteroatoms. The average molecular weight is 340 g/mol. The van der Waals surface area contributed by atoms with Gasteiger partial charge in [0.1, 0.15) is 5.75 Å². The molecule has 0 saturated carbocycles. The number of ether oxygens (including phenoxy) is 1. The number of hydrogen-bond acceptors (Lipinski definition) is 3. The van der Waals surface area contributed by atoms with Crippen LogP contribution in [0.5, 0.6) is 5.75 Å². The van der Waals surface area contributed by atoms with E-state index in [1.165, 1.54) is 0 Å². The number of carbonyl (C=O) groups is 2. The number of aryl methyl sites for hydroxylation is 1. The highest BCUT2D eigenvalue weighted by Crippen LogP contribution is 2.12. The van der Waals surface area contributed by atoms with Crippen molar-refractivity contribution in [2.24, 2.45) is 0 Å². The summed E-state index contributed by atoms with van der Waals surface area (Å²) < 4.78 is 5.08. The lowest BCUT2D eigenvalue weighted by Crippen LogP contribution is -2.37. The van der Waals surface area contributed by atoms with Crippen LogP contribution in [0.25, 0.3) is 0 Å². The number of hydrogen-bond donors (Lipinski definition) is 1. The summed E-state index contributed by atoms with van der Waals surface area (Å²) in [6.45, 7) is 4.98. The molecule has 2 aromatic carbocycles. The van der Waals surface area contributed by atoms with E-state index in [4.69, 9.17) is 4.74 Å². The highest BCUT2D eigenvalue weighted by molar-refractivity contribution is 5.94. The normalized spacial score (nSPS) is 10.2. The molecule has 0 aliphatic heterocycles. The first-order valence-corrected chi connectivity index (χ1v) is 8.23. The Morgan fingerprint density at radius 3 is 2.36 bits per heavy atom. The van der Waals surface area contributed by atoms with Crippen molar-refractivity contribution in [1.29, 1.82) is 0 Å². The minimum atomic E-state index is -0.165. The monoisotopic (exact) mass is 340 g/mol. The summed E-state index contributed by atoms with van der Waals surface area (Å²) in [4.78, 5) is 25.8. The topological polar surface area (TPSA) is 58.6 Å². The largest absolute Gasteiger partial charge is 0.497 e. The zero-order chi connectivity index (χ0) is 18.2. The van der Waals surface area contributed by atoms with E-state index in [-0.39, 0.29) is 11.8 Å². The van der Waals surface area contributed by atoms with Gasteiger partial charge in [-0.2, -0.15) is 0 Å². The molecule has 0 aliphatic rings. The smallest absolute Gasteiger partial charge is 0.251 e. The number of amides is 2. The van der Waals surface area contributed by atoms with Gasteiger partial charge in [0.2, 0.25) is 5.91 Å². The second kappa shape index (κ2) is 8.87. The minimum absolute atomic E-state index is 0.0121. The summed E-state index contributed by atoms with van der Waals surface area (Å²) in [6, 6.07) is 14.9. The number of nitrogens with zero attached hydrogens (tertiary/aromatic N) is 1. The van der Waals surface area contributed by atoms with Gasteiger partial charge in [0.15, 0.2) is 0 Å². The highest BCUT2D eigenvalue weighted by atomic mass is 16.5. The van der Waals surface area contributed by atoms with Crippen molar-refractivity contribution in [3.05, 3.63) is 65.2 Å². The second-order valence-corrected chi connectivity index (χ2v) is 5.85.